The summed E-state index contributed by atoms with van der Waals surface area (Å²) >= 11 is 0. The molecule has 0 unspecified atom stereocenters. The Morgan fingerprint density at radius 2 is 1.92 bits per heavy atom. The highest BCUT2D eigenvalue weighted by Gasteiger charge is 2.21. The van der Waals surface area contributed by atoms with Crippen LogP contribution in [0, 0.1) is 25.2 Å². The highest BCUT2D eigenvalue weighted by Crippen LogP contribution is 2.32. The van der Waals surface area contributed by atoms with Crippen LogP contribution in [0.15, 0.2) is 11.6 Å². The van der Waals surface area contributed by atoms with Crippen LogP contribution in [0.4, 0.5) is 0 Å². The average molecular weight is 355 g/mol. The van der Waals surface area contributed by atoms with Gasteiger partial charge in [0.25, 0.3) is 5.91 Å². The molecule has 1 N–H and O–H groups in total. The molecule has 1 saturated heterocycles. The third kappa shape index (κ3) is 4.19. The molecule has 2 heterocycles. The number of carbonyl (C=O) groups is 1. The van der Waals surface area contributed by atoms with Gasteiger partial charge >= 0.3 is 0 Å². The summed E-state index contributed by atoms with van der Waals surface area (Å²) in [5.41, 5.74) is 3.52. The van der Waals surface area contributed by atoms with Crippen molar-refractivity contribution in [3.05, 3.63) is 28.6 Å². The van der Waals surface area contributed by atoms with Gasteiger partial charge in [-0.05, 0) is 57.2 Å². The van der Waals surface area contributed by atoms with Crippen molar-refractivity contribution in [3.8, 4) is 6.07 Å². The maximum atomic E-state index is 12.5. The van der Waals surface area contributed by atoms with Crippen LogP contribution >= 0.6 is 0 Å². The van der Waals surface area contributed by atoms with Crippen LogP contribution in [0.5, 0.6) is 0 Å². The van der Waals surface area contributed by atoms with Crippen LogP contribution < -0.4 is 5.32 Å². The molecule has 0 atom stereocenters. The highest BCUT2D eigenvalue weighted by molar-refractivity contribution is 6.02. The number of hydrogen-bond donors (Lipinski definition) is 1. The van der Waals surface area contributed by atoms with E-state index >= 15 is 0 Å². The zero-order valence-corrected chi connectivity index (χ0v) is 15.9. The first kappa shape index (κ1) is 18.7. The number of nitriles is 1. The van der Waals surface area contributed by atoms with Gasteiger partial charge in [0.15, 0.2) is 0 Å². The maximum Gasteiger partial charge on any atom is 0.262 e. The molecule has 1 aliphatic carbocycles. The number of hydrogen-bond acceptors (Lipinski definition) is 3. The van der Waals surface area contributed by atoms with E-state index in [0.717, 1.165) is 24.1 Å². The molecular weight excluding hydrogens is 326 g/mol. The molecular formula is C21H29N3O2. The lowest BCUT2D eigenvalue weighted by atomic mass is 9.95. The second-order valence-corrected chi connectivity index (χ2v) is 7.52. The fraction of sp³-hybridized carbons (Fsp3) is 0.619. The SMILES string of the molecule is Cc1cc(/C=C(\C#N)C(=O)NC2CCOCC2)c(C)n1C1CCCCC1. The van der Waals surface area contributed by atoms with Crippen molar-refractivity contribution in [1.82, 2.24) is 9.88 Å². The van der Waals surface area contributed by atoms with Crippen molar-refractivity contribution in [2.24, 2.45) is 0 Å². The van der Waals surface area contributed by atoms with Crippen LogP contribution in [0.2, 0.25) is 0 Å². The Morgan fingerprint density at radius 3 is 2.58 bits per heavy atom. The first-order chi connectivity index (χ1) is 12.6. The van der Waals surface area contributed by atoms with Gasteiger partial charge in [0.05, 0.1) is 0 Å². The third-order valence-electron chi connectivity index (χ3n) is 5.68. The fourth-order valence-corrected chi connectivity index (χ4v) is 4.26. The summed E-state index contributed by atoms with van der Waals surface area (Å²) < 4.78 is 7.72. The number of carbonyl (C=O) groups excluding carboxylic acids is 1. The Labute approximate surface area is 156 Å². The molecule has 1 aliphatic heterocycles. The van der Waals surface area contributed by atoms with Gasteiger partial charge in [-0.3, -0.25) is 4.79 Å². The van der Waals surface area contributed by atoms with Gasteiger partial charge in [-0.1, -0.05) is 19.3 Å². The summed E-state index contributed by atoms with van der Waals surface area (Å²) in [6.07, 6.45) is 9.68. The molecule has 1 aromatic rings. The summed E-state index contributed by atoms with van der Waals surface area (Å²) in [4.78, 5) is 12.5. The predicted octanol–water partition coefficient (Wildman–Crippen LogP) is 3.81. The number of nitrogens with one attached hydrogen (secondary N) is 1. The van der Waals surface area contributed by atoms with Crippen molar-refractivity contribution >= 4 is 12.0 Å². The van der Waals surface area contributed by atoms with Crippen molar-refractivity contribution in [2.45, 2.75) is 70.9 Å². The zero-order chi connectivity index (χ0) is 18.5. The van der Waals surface area contributed by atoms with Crippen LogP contribution in [0.25, 0.3) is 6.08 Å². The molecule has 26 heavy (non-hydrogen) atoms. The molecule has 0 radical (unpaired) electrons. The second-order valence-electron chi connectivity index (χ2n) is 7.52. The van der Waals surface area contributed by atoms with Gasteiger partial charge < -0.3 is 14.6 Å². The number of amides is 1. The van der Waals surface area contributed by atoms with E-state index in [1.54, 1.807) is 6.08 Å². The molecule has 1 saturated carbocycles. The molecule has 2 aliphatic rings. The van der Waals surface area contributed by atoms with E-state index in [1.807, 2.05) is 0 Å². The minimum absolute atomic E-state index is 0.0997. The van der Waals surface area contributed by atoms with E-state index in [9.17, 15) is 10.1 Å². The molecule has 2 fully saturated rings. The Morgan fingerprint density at radius 1 is 1.23 bits per heavy atom. The predicted molar refractivity (Wildman–Crippen MR) is 102 cm³/mol. The smallest absolute Gasteiger partial charge is 0.262 e. The Bertz CT molecular complexity index is 714. The first-order valence-corrected chi connectivity index (χ1v) is 9.79. The van der Waals surface area contributed by atoms with Gasteiger partial charge in [-0.25, -0.2) is 0 Å². The summed E-state index contributed by atoms with van der Waals surface area (Å²) in [5.74, 6) is -0.276. The average Bonchev–Trinajstić information content (AvgIpc) is 2.94. The molecule has 140 valence electrons. The van der Waals surface area contributed by atoms with E-state index in [2.05, 4.69) is 35.9 Å². The van der Waals surface area contributed by atoms with Crippen molar-refractivity contribution in [1.29, 1.82) is 5.26 Å². The third-order valence-corrected chi connectivity index (χ3v) is 5.68. The van der Waals surface area contributed by atoms with Crippen molar-refractivity contribution in [3.63, 3.8) is 0 Å². The number of rotatable bonds is 4. The fourth-order valence-electron chi connectivity index (χ4n) is 4.26. The maximum absolute atomic E-state index is 12.5. The first-order valence-electron chi connectivity index (χ1n) is 9.79. The van der Waals surface area contributed by atoms with Crippen LogP contribution in [-0.4, -0.2) is 29.7 Å². The number of aryl methyl sites for hydroxylation is 1. The zero-order valence-electron chi connectivity index (χ0n) is 15.9. The molecule has 5 nitrogen and oxygen atoms in total. The van der Waals surface area contributed by atoms with Gasteiger partial charge in [0.2, 0.25) is 0 Å². The largest absolute Gasteiger partial charge is 0.381 e. The van der Waals surface area contributed by atoms with Crippen molar-refractivity contribution in [2.75, 3.05) is 13.2 Å². The Balaban J connectivity index is 1.78. The molecule has 0 spiro atoms. The summed E-state index contributed by atoms with van der Waals surface area (Å²) in [7, 11) is 0. The minimum atomic E-state index is -0.276. The van der Waals surface area contributed by atoms with Gasteiger partial charge in [-0.15, -0.1) is 0 Å². The van der Waals surface area contributed by atoms with Gasteiger partial charge in [0.1, 0.15) is 11.6 Å². The standard InChI is InChI=1S/C21H29N3O2/c1-15-12-17(16(2)24(15)20-6-4-3-5-7-20)13-18(14-22)21(25)23-19-8-10-26-11-9-19/h12-13,19-20H,3-11H2,1-2H3,(H,23,25)/b18-13+. The summed E-state index contributed by atoms with van der Waals surface area (Å²) in [5, 5.41) is 12.5. The Hall–Kier alpha value is -2.06. The van der Waals surface area contributed by atoms with Crippen LogP contribution in [-0.2, 0) is 9.53 Å². The molecule has 3 rings (SSSR count). The van der Waals surface area contributed by atoms with Crippen LogP contribution in [0.3, 0.4) is 0 Å². The lowest BCUT2D eigenvalue weighted by Gasteiger charge is -2.26. The van der Waals surface area contributed by atoms with Gasteiger partial charge in [-0.2, -0.15) is 5.26 Å². The lowest BCUT2D eigenvalue weighted by molar-refractivity contribution is -0.118. The van der Waals surface area contributed by atoms with Crippen molar-refractivity contribution < 1.29 is 9.53 Å². The monoisotopic (exact) mass is 355 g/mol. The van der Waals surface area contributed by atoms with E-state index in [-0.39, 0.29) is 17.5 Å². The molecule has 1 aromatic heterocycles. The Kier molecular flexibility index (Phi) is 6.16. The second kappa shape index (κ2) is 8.55. The lowest BCUT2D eigenvalue weighted by Crippen LogP contribution is -2.39. The van der Waals surface area contributed by atoms with E-state index < -0.39 is 0 Å². The highest BCUT2D eigenvalue weighted by atomic mass is 16.5. The minimum Gasteiger partial charge on any atom is -0.381 e. The number of aromatic nitrogens is 1. The quantitative estimate of drug-likeness (QED) is 0.660. The molecule has 1 amide bonds. The van der Waals surface area contributed by atoms with E-state index in [1.165, 1.54) is 37.8 Å². The number of nitrogens with zero attached hydrogens (tertiary/aromatic N) is 2. The number of ether oxygens (including phenoxy) is 1. The normalized spacial score (nSPS) is 20.0. The van der Waals surface area contributed by atoms with E-state index in [0.29, 0.717) is 19.3 Å². The molecule has 0 bridgehead atoms. The summed E-state index contributed by atoms with van der Waals surface area (Å²) in [6.45, 7) is 5.55. The van der Waals surface area contributed by atoms with E-state index in [4.69, 9.17) is 4.74 Å². The summed E-state index contributed by atoms with van der Waals surface area (Å²) in [6, 6.07) is 4.83. The van der Waals surface area contributed by atoms with Gasteiger partial charge in [0, 0.05) is 36.7 Å². The van der Waals surface area contributed by atoms with Crippen LogP contribution in [0.1, 0.15) is 67.9 Å². The molecule has 0 aromatic carbocycles. The topological polar surface area (TPSA) is 67.1 Å². The molecule has 5 heteroatoms.